The maximum absolute atomic E-state index is 10.4. The lowest BCUT2D eigenvalue weighted by molar-refractivity contribution is 0.0535. The molecule has 0 aromatic heterocycles. The Morgan fingerprint density at radius 3 is 2.33 bits per heavy atom. The van der Waals surface area contributed by atoms with Gasteiger partial charge in [0.1, 0.15) is 0 Å². The summed E-state index contributed by atoms with van der Waals surface area (Å²) in [4.78, 5) is 0. The third-order valence-corrected chi connectivity index (χ3v) is 3.13. The van der Waals surface area contributed by atoms with Gasteiger partial charge in [-0.1, -0.05) is 23.7 Å². The van der Waals surface area contributed by atoms with Crippen molar-refractivity contribution in [1.29, 1.82) is 0 Å². The fraction of sp³-hybridized carbons (Fsp3) is 0.600. The molecule has 0 aliphatic heterocycles. The zero-order chi connectivity index (χ0) is 14.0. The maximum atomic E-state index is 10.4. The van der Waals surface area contributed by atoms with Gasteiger partial charge in [0.15, 0.2) is 0 Å². The number of β-amino-alcohol motifs (C(OH)–C–C–N with tert-alkyl or cyclic N) is 1. The van der Waals surface area contributed by atoms with Gasteiger partial charge in [0.25, 0.3) is 0 Å². The van der Waals surface area contributed by atoms with Crippen molar-refractivity contribution < 1.29 is 5.11 Å². The Bertz CT molecular complexity index is 407. The minimum atomic E-state index is -0.799. The molecule has 2 nitrogen and oxygen atoms in total. The molecule has 1 aromatic rings. The smallest absolute Gasteiger partial charge is 0.0784 e. The molecule has 1 unspecified atom stereocenters. The van der Waals surface area contributed by atoms with Crippen LogP contribution in [0.5, 0.6) is 0 Å². The summed E-state index contributed by atoms with van der Waals surface area (Å²) in [6.07, 6.45) is 0.551. The summed E-state index contributed by atoms with van der Waals surface area (Å²) in [7, 11) is 0. The van der Waals surface area contributed by atoms with E-state index in [0.29, 0.717) is 13.0 Å². The third-order valence-electron chi connectivity index (χ3n) is 2.78. The van der Waals surface area contributed by atoms with Gasteiger partial charge in [0.2, 0.25) is 0 Å². The number of aliphatic hydroxyl groups is 1. The van der Waals surface area contributed by atoms with Crippen LogP contribution in [-0.4, -0.2) is 22.8 Å². The molecule has 0 radical (unpaired) electrons. The van der Waals surface area contributed by atoms with E-state index < -0.39 is 5.60 Å². The monoisotopic (exact) mass is 269 g/mol. The highest BCUT2D eigenvalue weighted by atomic mass is 35.5. The zero-order valence-electron chi connectivity index (χ0n) is 12.0. The molecule has 0 amide bonds. The predicted octanol–water partition coefficient (Wildman–Crippen LogP) is 3.33. The summed E-state index contributed by atoms with van der Waals surface area (Å²) in [5.41, 5.74) is 1.33. The third kappa shape index (κ3) is 5.38. The first kappa shape index (κ1) is 15.5. The molecule has 0 saturated carbocycles. The van der Waals surface area contributed by atoms with Gasteiger partial charge >= 0.3 is 0 Å². The first-order valence-corrected chi connectivity index (χ1v) is 6.69. The van der Waals surface area contributed by atoms with E-state index in [1.807, 2.05) is 32.0 Å². The average molecular weight is 270 g/mol. The minimum Gasteiger partial charge on any atom is -0.389 e. The minimum absolute atomic E-state index is 0.00105. The standard InChI is InChI=1S/C15H24ClNO/c1-11-6-7-12(13(16)8-11)9-15(5,18)10-17-14(2,3)4/h6-8,17-18H,9-10H2,1-5H3. The quantitative estimate of drug-likeness (QED) is 0.879. The Balaban J connectivity index is 2.70. The van der Waals surface area contributed by atoms with Crippen molar-refractivity contribution in [3.63, 3.8) is 0 Å². The normalized spacial score (nSPS) is 15.5. The Kier molecular flexibility index (Phi) is 4.82. The lowest BCUT2D eigenvalue weighted by Crippen LogP contribution is -2.47. The van der Waals surface area contributed by atoms with E-state index in [1.165, 1.54) is 0 Å². The molecule has 0 aliphatic carbocycles. The van der Waals surface area contributed by atoms with Crippen LogP contribution in [0.25, 0.3) is 0 Å². The molecule has 0 aliphatic rings. The van der Waals surface area contributed by atoms with Gasteiger partial charge in [-0.05, 0) is 51.8 Å². The van der Waals surface area contributed by atoms with Crippen LogP contribution in [0.4, 0.5) is 0 Å². The van der Waals surface area contributed by atoms with E-state index in [2.05, 4.69) is 26.1 Å². The Morgan fingerprint density at radius 2 is 1.83 bits per heavy atom. The van der Waals surface area contributed by atoms with Crippen LogP contribution < -0.4 is 5.32 Å². The van der Waals surface area contributed by atoms with Crippen molar-refractivity contribution >= 4 is 11.6 Å². The fourth-order valence-electron chi connectivity index (χ4n) is 1.72. The fourth-order valence-corrected chi connectivity index (χ4v) is 2.03. The predicted molar refractivity (Wildman–Crippen MR) is 78.3 cm³/mol. The highest BCUT2D eigenvalue weighted by Crippen LogP contribution is 2.22. The molecule has 1 aromatic carbocycles. The number of hydrogen-bond donors (Lipinski definition) is 2. The summed E-state index contributed by atoms with van der Waals surface area (Å²) in [6.45, 7) is 10.6. The number of rotatable bonds is 4. The lowest BCUT2D eigenvalue weighted by Gasteiger charge is -2.29. The van der Waals surface area contributed by atoms with Gasteiger partial charge < -0.3 is 10.4 Å². The molecule has 102 valence electrons. The zero-order valence-corrected chi connectivity index (χ0v) is 12.7. The van der Waals surface area contributed by atoms with Crippen molar-refractivity contribution in [3.05, 3.63) is 34.3 Å². The van der Waals surface area contributed by atoms with Crippen LogP contribution in [0.2, 0.25) is 5.02 Å². The average Bonchev–Trinajstić information content (AvgIpc) is 2.19. The Hall–Kier alpha value is -0.570. The number of benzene rings is 1. The summed E-state index contributed by atoms with van der Waals surface area (Å²) in [6, 6.07) is 5.95. The summed E-state index contributed by atoms with van der Waals surface area (Å²) < 4.78 is 0. The molecular weight excluding hydrogens is 246 g/mol. The molecule has 18 heavy (non-hydrogen) atoms. The van der Waals surface area contributed by atoms with Crippen molar-refractivity contribution in [3.8, 4) is 0 Å². The second-order valence-corrected chi connectivity index (χ2v) is 6.78. The molecule has 0 saturated heterocycles. The lowest BCUT2D eigenvalue weighted by atomic mass is 9.94. The van der Waals surface area contributed by atoms with Crippen molar-refractivity contribution in [2.24, 2.45) is 0 Å². The summed E-state index contributed by atoms with van der Waals surface area (Å²) in [5, 5.41) is 14.5. The van der Waals surface area contributed by atoms with Gasteiger partial charge in [-0.3, -0.25) is 0 Å². The van der Waals surface area contributed by atoms with Gasteiger partial charge in [-0.25, -0.2) is 0 Å². The van der Waals surface area contributed by atoms with Crippen molar-refractivity contribution in [2.45, 2.75) is 52.2 Å². The molecule has 0 bridgehead atoms. The number of nitrogens with one attached hydrogen (secondary N) is 1. The highest BCUT2D eigenvalue weighted by Gasteiger charge is 2.24. The van der Waals surface area contributed by atoms with E-state index >= 15 is 0 Å². The Labute approximate surface area is 115 Å². The van der Waals surface area contributed by atoms with E-state index in [9.17, 15) is 5.11 Å². The summed E-state index contributed by atoms with van der Waals surface area (Å²) in [5.74, 6) is 0. The highest BCUT2D eigenvalue weighted by molar-refractivity contribution is 6.31. The first-order chi connectivity index (χ1) is 8.09. The second kappa shape index (κ2) is 5.60. The first-order valence-electron chi connectivity index (χ1n) is 6.31. The second-order valence-electron chi connectivity index (χ2n) is 6.37. The van der Waals surface area contributed by atoms with Crippen LogP contribution in [0.3, 0.4) is 0 Å². The van der Waals surface area contributed by atoms with Crippen LogP contribution >= 0.6 is 11.6 Å². The van der Waals surface area contributed by atoms with Gasteiger partial charge in [0, 0.05) is 23.5 Å². The molecular formula is C15H24ClNO. The molecule has 1 atom stereocenters. The summed E-state index contributed by atoms with van der Waals surface area (Å²) >= 11 is 6.19. The number of aryl methyl sites for hydroxylation is 1. The van der Waals surface area contributed by atoms with Crippen LogP contribution in [-0.2, 0) is 6.42 Å². The van der Waals surface area contributed by atoms with Gasteiger partial charge in [-0.2, -0.15) is 0 Å². The number of halogens is 1. The van der Waals surface area contributed by atoms with Crippen molar-refractivity contribution in [1.82, 2.24) is 5.32 Å². The number of hydrogen-bond acceptors (Lipinski definition) is 2. The Morgan fingerprint density at radius 1 is 1.22 bits per heavy atom. The molecule has 0 heterocycles. The van der Waals surface area contributed by atoms with Crippen LogP contribution in [0.1, 0.15) is 38.8 Å². The van der Waals surface area contributed by atoms with Gasteiger partial charge in [-0.15, -0.1) is 0 Å². The van der Waals surface area contributed by atoms with E-state index in [0.717, 1.165) is 16.1 Å². The van der Waals surface area contributed by atoms with E-state index in [1.54, 1.807) is 0 Å². The SMILES string of the molecule is Cc1ccc(CC(C)(O)CNC(C)(C)C)c(Cl)c1. The molecule has 1 rings (SSSR count). The van der Waals surface area contributed by atoms with Gasteiger partial charge in [0.05, 0.1) is 5.60 Å². The largest absolute Gasteiger partial charge is 0.389 e. The van der Waals surface area contributed by atoms with Crippen LogP contribution in [0.15, 0.2) is 18.2 Å². The molecule has 0 fully saturated rings. The topological polar surface area (TPSA) is 32.3 Å². The molecule has 2 N–H and O–H groups in total. The molecule has 3 heteroatoms. The maximum Gasteiger partial charge on any atom is 0.0784 e. The van der Waals surface area contributed by atoms with Crippen molar-refractivity contribution in [2.75, 3.05) is 6.54 Å². The van der Waals surface area contributed by atoms with Crippen LogP contribution in [0, 0.1) is 6.92 Å². The van der Waals surface area contributed by atoms with E-state index in [4.69, 9.17) is 11.6 Å². The van der Waals surface area contributed by atoms with E-state index in [-0.39, 0.29) is 5.54 Å². The molecule has 0 spiro atoms.